The van der Waals surface area contributed by atoms with Gasteiger partial charge in [0.2, 0.25) is 0 Å². The maximum Gasteiger partial charge on any atom is 0.120 e. The van der Waals surface area contributed by atoms with E-state index >= 15 is 0 Å². The van der Waals surface area contributed by atoms with Crippen LogP contribution < -0.4 is 5.32 Å². The van der Waals surface area contributed by atoms with Gasteiger partial charge in [-0.1, -0.05) is 13.8 Å². The van der Waals surface area contributed by atoms with Crippen LogP contribution in [0.3, 0.4) is 0 Å². The van der Waals surface area contributed by atoms with Crippen LogP contribution in [0.2, 0.25) is 0 Å². The van der Waals surface area contributed by atoms with Crippen molar-refractivity contribution >= 4 is 0 Å². The SMILES string of the molecule is CCN(CC)CC(O)CN[C@H](C)c1ccco1. The van der Waals surface area contributed by atoms with E-state index in [1.807, 2.05) is 19.1 Å². The van der Waals surface area contributed by atoms with E-state index in [9.17, 15) is 5.11 Å². The minimum atomic E-state index is -0.340. The van der Waals surface area contributed by atoms with E-state index in [-0.39, 0.29) is 12.1 Å². The lowest BCUT2D eigenvalue weighted by Gasteiger charge is -2.23. The van der Waals surface area contributed by atoms with E-state index < -0.39 is 0 Å². The van der Waals surface area contributed by atoms with Gasteiger partial charge in [-0.3, -0.25) is 0 Å². The Kier molecular flexibility index (Phi) is 6.26. The second kappa shape index (κ2) is 7.48. The molecule has 0 fully saturated rings. The normalized spacial score (nSPS) is 15.1. The third-order valence-corrected chi connectivity index (χ3v) is 2.99. The number of hydrogen-bond acceptors (Lipinski definition) is 4. The van der Waals surface area contributed by atoms with Gasteiger partial charge in [-0.15, -0.1) is 0 Å². The zero-order valence-corrected chi connectivity index (χ0v) is 11.0. The fourth-order valence-corrected chi connectivity index (χ4v) is 1.80. The van der Waals surface area contributed by atoms with Crippen LogP contribution in [-0.2, 0) is 0 Å². The van der Waals surface area contributed by atoms with Crippen molar-refractivity contribution in [3.8, 4) is 0 Å². The standard InChI is InChI=1S/C13H24N2O2/c1-4-15(5-2)10-12(16)9-14-11(3)13-7-6-8-17-13/h6-8,11-12,14,16H,4-5,9-10H2,1-3H3/t11-,12?/m1/s1. The van der Waals surface area contributed by atoms with Gasteiger partial charge in [0.15, 0.2) is 0 Å². The summed E-state index contributed by atoms with van der Waals surface area (Å²) >= 11 is 0. The molecular formula is C13H24N2O2. The Labute approximate surface area is 104 Å². The molecule has 98 valence electrons. The molecule has 1 heterocycles. The van der Waals surface area contributed by atoms with Crippen LogP contribution in [0, 0.1) is 0 Å². The van der Waals surface area contributed by atoms with E-state index in [0.717, 1.165) is 18.8 Å². The molecule has 4 heteroatoms. The number of hydrogen-bond donors (Lipinski definition) is 2. The van der Waals surface area contributed by atoms with Crippen molar-refractivity contribution < 1.29 is 9.52 Å². The van der Waals surface area contributed by atoms with Crippen molar-refractivity contribution in [1.29, 1.82) is 0 Å². The first-order chi connectivity index (χ1) is 8.17. The molecule has 1 rings (SSSR count). The second-order valence-corrected chi connectivity index (χ2v) is 4.29. The maximum absolute atomic E-state index is 9.89. The number of furan rings is 1. The minimum absolute atomic E-state index is 0.136. The second-order valence-electron chi connectivity index (χ2n) is 4.29. The smallest absolute Gasteiger partial charge is 0.120 e. The van der Waals surface area contributed by atoms with E-state index in [4.69, 9.17) is 4.42 Å². The number of aliphatic hydroxyl groups is 1. The zero-order valence-electron chi connectivity index (χ0n) is 11.0. The third-order valence-electron chi connectivity index (χ3n) is 2.99. The lowest BCUT2D eigenvalue weighted by Crippen LogP contribution is -2.38. The molecular weight excluding hydrogens is 216 g/mol. The monoisotopic (exact) mass is 240 g/mol. The van der Waals surface area contributed by atoms with Crippen LogP contribution in [0.5, 0.6) is 0 Å². The fourth-order valence-electron chi connectivity index (χ4n) is 1.80. The van der Waals surface area contributed by atoms with Gasteiger partial charge in [0.05, 0.1) is 18.4 Å². The molecule has 0 saturated heterocycles. The highest BCUT2D eigenvalue weighted by atomic mass is 16.3. The Bertz CT molecular complexity index is 284. The Morgan fingerprint density at radius 1 is 1.41 bits per heavy atom. The van der Waals surface area contributed by atoms with E-state index in [1.54, 1.807) is 6.26 Å². The predicted molar refractivity (Wildman–Crippen MR) is 68.9 cm³/mol. The Morgan fingerprint density at radius 3 is 2.65 bits per heavy atom. The molecule has 0 aliphatic carbocycles. The van der Waals surface area contributed by atoms with Crippen molar-refractivity contribution in [3.05, 3.63) is 24.2 Å². The molecule has 4 nitrogen and oxygen atoms in total. The summed E-state index contributed by atoms with van der Waals surface area (Å²) < 4.78 is 5.30. The van der Waals surface area contributed by atoms with Crippen LogP contribution in [0.4, 0.5) is 0 Å². The molecule has 0 aliphatic rings. The molecule has 2 atom stereocenters. The first-order valence-electron chi connectivity index (χ1n) is 6.34. The van der Waals surface area contributed by atoms with Gasteiger partial charge in [0, 0.05) is 13.1 Å². The van der Waals surface area contributed by atoms with E-state index in [2.05, 4.69) is 24.1 Å². The Morgan fingerprint density at radius 2 is 2.12 bits per heavy atom. The molecule has 0 aliphatic heterocycles. The number of rotatable bonds is 8. The summed E-state index contributed by atoms with van der Waals surface area (Å²) in [6.45, 7) is 9.49. The molecule has 1 aromatic rings. The van der Waals surface area contributed by atoms with E-state index in [0.29, 0.717) is 13.1 Å². The average Bonchev–Trinajstić information content (AvgIpc) is 2.86. The lowest BCUT2D eigenvalue weighted by atomic mass is 10.2. The molecule has 17 heavy (non-hydrogen) atoms. The lowest BCUT2D eigenvalue weighted by molar-refractivity contribution is 0.113. The van der Waals surface area contributed by atoms with E-state index in [1.165, 1.54) is 0 Å². The fraction of sp³-hybridized carbons (Fsp3) is 0.692. The highest BCUT2D eigenvalue weighted by Crippen LogP contribution is 2.11. The third kappa shape index (κ3) is 4.89. The summed E-state index contributed by atoms with van der Waals surface area (Å²) in [5, 5.41) is 13.2. The van der Waals surface area contributed by atoms with Gasteiger partial charge in [-0.05, 0) is 32.1 Å². The van der Waals surface area contributed by atoms with Crippen LogP contribution >= 0.6 is 0 Å². The predicted octanol–water partition coefficient (Wildman–Crippen LogP) is 1.63. The molecule has 1 unspecified atom stereocenters. The van der Waals surface area contributed by atoms with Gasteiger partial charge in [-0.2, -0.15) is 0 Å². The number of aliphatic hydroxyl groups excluding tert-OH is 1. The van der Waals surface area contributed by atoms with Crippen molar-refractivity contribution in [1.82, 2.24) is 10.2 Å². The summed E-state index contributed by atoms with van der Waals surface area (Å²) in [6, 6.07) is 3.95. The van der Waals surface area contributed by atoms with Crippen LogP contribution in [0.1, 0.15) is 32.6 Å². The maximum atomic E-state index is 9.89. The van der Waals surface area contributed by atoms with Crippen molar-refractivity contribution in [2.24, 2.45) is 0 Å². The minimum Gasteiger partial charge on any atom is -0.468 e. The largest absolute Gasteiger partial charge is 0.468 e. The highest BCUT2D eigenvalue weighted by molar-refractivity contribution is 5.02. The van der Waals surface area contributed by atoms with Gasteiger partial charge >= 0.3 is 0 Å². The highest BCUT2D eigenvalue weighted by Gasteiger charge is 2.12. The molecule has 0 saturated carbocycles. The van der Waals surface area contributed by atoms with Gasteiger partial charge in [-0.25, -0.2) is 0 Å². The van der Waals surface area contributed by atoms with Crippen LogP contribution in [-0.4, -0.2) is 42.3 Å². The number of nitrogens with zero attached hydrogens (tertiary/aromatic N) is 1. The molecule has 0 radical (unpaired) electrons. The van der Waals surface area contributed by atoms with Crippen LogP contribution in [0.15, 0.2) is 22.8 Å². The summed E-state index contributed by atoms with van der Waals surface area (Å²) in [4.78, 5) is 2.21. The van der Waals surface area contributed by atoms with Gasteiger partial charge < -0.3 is 19.7 Å². The van der Waals surface area contributed by atoms with Crippen molar-refractivity contribution in [3.63, 3.8) is 0 Å². The Balaban J connectivity index is 2.25. The summed E-state index contributed by atoms with van der Waals surface area (Å²) in [6.07, 6.45) is 1.33. The molecule has 0 spiro atoms. The quantitative estimate of drug-likeness (QED) is 0.725. The van der Waals surface area contributed by atoms with Gasteiger partial charge in [0.25, 0.3) is 0 Å². The summed E-state index contributed by atoms with van der Waals surface area (Å²) in [5.74, 6) is 0.903. The van der Waals surface area contributed by atoms with Crippen molar-refractivity contribution in [2.45, 2.75) is 32.9 Å². The summed E-state index contributed by atoms with van der Waals surface area (Å²) in [7, 11) is 0. The molecule has 0 amide bonds. The molecule has 0 bridgehead atoms. The van der Waals surface area contributed by atoms with Crippen LogP contribution in [0.25, 0.3) is 0 Å². The first-order valence-corrected chi connectivity index (χ1v) is 6.34. The molecule has 2 N–H and O–H groups in total. The van der Waals surface area contributed by atoms with Gasteiger partial charge in [0.1, 0.15) is 5.76 Å². The number of nitrogens with one attached hydrogen (secondary N) is 1. The Hall–Kier alpha value is -0.840. The zero-order chi connectivity index (χ0) is 12.7. The first kappa shape index (κ1) is 14.2. The summed E-state index contributed by atoms with van der Waals surface area (Å²) in [5.41, 5.74) is 0. The topological polar surface area (TPSA) is 48.6 Å². The molecule has 1 aromatic heterocycles. The average molecular weight is 240 g/mol. The molecule has 0 aromatic carbocycles. The van der Waals surface area contributed by atoms with Crippen molar-refractivity contribution in [2.75, 3.05) is 26.2 Å². The number of likely N-dealkylation sites (N-methyl/N-ethyl adjacent to an activating group) is 1.